The first-order valence-electron chi connectivity index (χ1n) is 10.0. The third-order valence-electron chi connectivity index (χ3n) is 5.40. The van der Waals surface area contributed by atoms with Crippen LogP contribution < -0.4 is 0 Å². The van der Waals surface area contributed by atoms with Gasteiger partial charge >= 0.3 is 5.97 Å². The maximum absolute atomic E-state index is 13.0. The second kappa shape index (κ2) is 10.3. The van der Waals surface area contributed by atoms with E-state index >= 15 is 0 Å². The van der Waals surface area contributed by atoms with E-state index in [4.69, 9.17) is 4.74 Å². The summed E-state index contributed by atoms with van der Waals surface area (Å²) < 4.78 is 5.05. The molecule has 0 aliphatic heterocycles. The van der Waals surface area contributed by atoms with E-state index in [2.05, 4.69) is 38.1 Å². The Hall–Kier alpha value is -1.84. The number of carbonyl (C=O) groups is 2. The molecule has 1 aliphatic carbocycles. The van der Waals surface area contributed by atoms with Crippen LogP contribution in [0.25, 0.3) is 0 Å². The fraction of sp³-hybridized carbons (Fsp3) is 0.636. The highest BCUT2D eigenvalue weighted by atomic mass is 16.5. The second-order valence-electron chi connectivity index (χ2n) is 7.46. The summed E-state index contributed by atoms with van der Waals surface area (Å²) in [6, 6.07) is 8.61. The summed E-state index contributed by atoms with van der Waals surface area (Å²) in [7, 11) is 0. The molecular formula is C22H33NO3. The predicted octanol–water partition coefficient (Wildman–Crippen LogP) is 4.29. The lowest BCUT2D eigenvalue weighted by molar-refractivity contribution is -0.145. The van der Waals surface area contributed by atoms with Crippen molar-refractivity contribution in [1.29, 1.82) is 0 Å². The van der Waals surface area contributed by atoms with Crippen LogP contribution in [0.2, 0.25) is 0 Å². The summed E-state index contributed by atoms with van der Waals surface area (Å²) in [6.45, 7) is 6.97. The van der Waals surface area contributed by atoms with Gasteiger partial charge in [-0.3, -0.25) is 9.59 Å². The molecule has 1 fully saturated rings. The molecule has 1 saturated carbocycles. The molecule has 4 nitrogen and oxygen atoms in total. The van der Waals surface area contributed by atoms with E-state index in [1.165, 1.54) is 17.5 Å². The van der Waals surface area contributed by atoms with Gasteiger partial charge in [-0.1, -0.05) is 49.6 Å². The van der Waals surface area contributed by atoms with Crippen LogP contribution >= 0.6 is 0 Å². The molecule has 144 valence electrons. The molecule has 0 aromatic heterocycles. The molecule has 0 bridgehead atoms. The standard InChI is InChI=1S/C22H33NO3/c1-4-26-22(25)15-16-23(20-8-6-5-7-18(20)3)21(24)14-13-19-11-9-17(2)10-12-19/h9-12,18,20H,4-8,13-16H2,1-3H3. The quantitative estimate of drug-likeness (QED) is 0.651. The molecule has 0 spiro atoms. The van der Waals surface area contributed by atoms with Crippen molar-refractivity contribution in [3.8, 4) is 0 Å². The van der Waals surface area contributed by atoms with E-state index in [1.807, 2.05) is 11.8 Å². The van der Waals surface area contributed by atoms with Crippen molar-refractivity contribution in [3.63, 3.8) is 0 Å². The lowest BCUT2D eigenvalue weighted by Gasteiger charge is -2.38. The van der Waals surface area contributed by atoms with Crippen LogP contribution in [-0.4, -0.2) is 36.0 Å². The monoisotopic (exact) mass is 359 g/mol. The molecule has 0 saturated heterocycles. The first-order chi connectivity index (χ1) is 12.5. The largest absolute Gasteiger partial charge is 0.466 e. The number of carbonyl (C=O) groups excluding carboxylic acids is 2. The molecule has 1 aliphatic rings. The zero-order chi connectivity index (χ0) is 18.9. The van der Waals surface area contributed by atoms with Crippen molar-refractivity contribution in [2.24, 2.45) is 5.92 Å². The highest BCUT2D eigenvalue weighted by Crippen LogP contribution is 2.29. The normalized spacial score (nSPS) is 19.8. The van der Waals surface area contributed by atoms with Gasteiger partial charge in [0.1, 0.15) is 0 Å². The summed E-state index contributed by atoms with van der Waals surface area (Å²) in [6.07, 6.45) is 6.13. The highest BCUT2D eigenvalue weighted by molar-refractivity contribution is 5.78. The summed E-state index contributed by atoms with van der Waals surface area (Å²) in [4.78, 5) is 26.7. The Bertz CT molecular complexity index is 582. The topological polar surface area (TPSA) is 46.6 Å². The minimum Gasteiger partial charge on any atom is -0.466 e. The van der Waals surface area contributed by atoms with Gasteiger partial charge in [-0.2, -0.15) is 0 Å². The van der Waals surface area contributed by atoms with E-state index in [-0.39, 0.29) is 24.3 Å². The Labute approximate surface area is 157 Å². The summed E-state index contributed by atoms with van der Waals surface area (Å²) >= 11 is 0. The Morgan fingerprint density at radius 2 is 1.81 bits per heavy atom. The number of ether oxygens (including phenoxy) is 1. The van der Waals surface area contributed by atoms with Crippen molar-refractivity contribution < 1.29 is 14.3 Å². The van der Waals surface area contributed by atoms with Gasteiger partial charge in [-0.05, 0) is 44.6 Å². The van der Waals surface area contributed by atoms with Crippen molar-refractivity contribution >= 4 is 11.9 Å². The highest BCUT2D eigenvalue weighted by Gasteiger charge is 2.30. The number of rotatable bonds is 8. The van der Waals surface area contributed by atoms with E-state index in [1.54, 1.807) is 0 Å². The van der Waals surface area contributed by atoms with Crippen LogP contribution in [0.15, 0.2) is 24.3 Å². The molecule has 2 unspecified atom stereocenters. The smallest absolute Gasteiger partial charge is 0.307 e. The van der Waals surface area contributed by atoms with Crippen molar-refractivity contribution in [1.82, 2.24) is 4.90 Å². The molecule has 2 atom stereocenters. The van der Waals surface area contributed by atoms with E-state index < -0.39 is 0 Å². The molecule has 0 heterocycles. The number of benzene rings is 1. The van der Waals surface area contributed by atoms with Crippen LogP contribution in [0.5, 0.6) is 0 Å². The Morgan fingerprint density at radius 1 is 1.12 bits per heavy atom. The van der Waals surface area contributed by atoms with Gasteiger partial charge in [0, 0.05) is 19.0 Å². The summed E-state index contributed by atoms with van der Waals surface area (Å²) in [5.74, 6) is 0.440. The Morgan fingerprint density at radius 3 is 2.46 bits per heavy atom. The van der Waals surface area contributed by atoms with Crippen LogP contribution in [0.3, 0.4) is 0 Å². The van der Waals surface area contributed by atoms with Gasteiger partial charge in [0.25, 0.3) is 0 Å². The molecular weight excluding hydrogens is 326 g/mol. The number of aryl methyl sites for hydroxylation is 2. The van der Waals surface area contributed by atoms with E-state index in [9.17, 15) is 9.59 Å². The van der Waals surface area contributed by atoms with Crippen LogP contribution in [0.4, 0.5) is 0 Å². The molecule has 1 aromatic rings. The van der Waals surface area contributed by atoms with Gasteiger partial charge in [0.2, 0.25) is 5.91 Å². The van der Waals surface area contributed by atoms with Crippen molar-refractivity contribution in [3.05, 3.63) is 35.4 Å². The van der Waals surface area contributed by atoms with Crippen molar-refractivity contribution in [2.75, 3.05) is 13.2 Å². The number of hydrogen-bond acceptors (Lipinski definition) is 3. The molecule has 0 N–H and O–H groups in total. The molecule has 1 amide bonds. The first kappa shape index (κ1) is 20.5. The van der Waals surface area contributed by atoms with Gasteiger partial charge in [0.05, 0.1) is 13.0 Å². The van der Waals surface area contributed by atoms with Crippen LogP contribution in [0.1, 0.15) is 63.5 Å². The predicted molar refractivity (Wildman–Crippen MR) is 104 cm³/mol. The molecule has 2 rings (SSSR count). The first-order valence-corrected chi connectivity index (χ1v) is 10.0. The van der Waals surface area contributed by atoms with Crippen molar-refractivity contribution in [2.45, 2.75) is 71.8 Å². The number of hydrogen-bond donors (Lipinski definition) is 0. The fourth-order valence-corrected chi connectivity index (χ4v) is 3.83. The van der Waals surface area contributed by atoms with Gasteiger partial charge < -0.3 is 9.64 Å². The van der Waals surface area contributed by atoms with Crippen LogP contribution in [-0.2, 0) is 20.7 Å². The summed E-state index contributed by atoms with van der Waals surface area (Å²) in [5.41, 5.74) is 2.41. The zero-order valence-corrected chi connectivity index (χ0v) is 16.5. The maximum Gasteiger partial charge on any atom is 0.307 e. The van der Waals surface area contributed by atoms with E-state index in [0.29, 0.717) is 25.5 Å². The number of esters is 1. The minimum atomic E-state index is -0.215. The molecule has 26 heavy (non-hydrogen) atoms. The Balaban J connectivity index is 1.99. The Kier molecular flexibility index (Phi) is 8.14. The minimum absolute atomic E-state index is 0.161. The average molecular weight is 360 g/mol. The molecule has 4 heteroatoms. The SMILES string of the molecule is CCOC(=O)CCN(C(=O)CCc1ccc(C)cc1)C1CCCCC1C. The maximum atomic E-state index is 13.0. The number of amides is 1. The third-order valence-corrected chi connectivity index (χ3v) is 5.40. The van der Waals surface area contributed by atoms with Gasteiger partial charge in [0.15, 0.2) is 0 Å². The van der Waals surface area contributed by atoms with Gasteiger partial charge in [-0.25, -0.2) is 0 Å². The molecule has 1 aromatic carbocycles. The van der Waals surface area contributed by atoms with E-state index in [0.717, 1.165) is 25.7 Å². The molecule has 0 radical (unpaired) electrons. The third kappa shape index (κ3) is 6.15. The van der Waals surface area contributed by atoms with Gasteiger partial charge in [-0.15, -0.1) is 0 Å². The average Bonchev–Trinajstić information content (AvgIpc) is 2.63. The summed E-state index contributed by atoms with van der Waals surface area (Å²) in [5, 5.41) is 0. The lowest BCUT2D eigenvalue weighted by atomic mass is 9.84. The zero-order valence-electron chi connectivity index (χ0n) is 16.5. The second-order valence-corrected chi connectivity index (χ2v) is 7.46. The number of nitrogens with zero attached hydrogens (tertiary/aromatic N) is 1. The lowest BCUT2D eigenvalue weighted by Crippen LogP contribution is -2.46. The fourth-order valence-electron chi connectivity index (χ4n) is 3.83. The van der Waals surface area contributed by atoms with Crippen LogP contribution in [0, 0.1) is 12.8 Å².